The van der Waals surface area contributed by atoms with Crippen molar-refractivity contribution in [2.75, 3.05) is 4.90 Å². The zero-order chi connectivity index (χ0) is 19.5. The van der Waals surface area contributed by atoms with Crippen LogP contribution in [0.1, 0.15) is 11.1 Å². The molecule has 0 bridgehead atoms. The van der Waals surface area contributed by atoms with Gasteiger partial charge in [-0.3, -0.25) is 0 Å². The van der Waals surface area contributed by atoms with Gasteiger partial charge in [-0.1, -0.05) is 77.3 Å². The van der Waals surface area contributed by atoms with Gasteiger partial charge in [-0.15, -0.1) is 0 Å². The second-order valence-electron chi connectivity index (χ2n) is 7.90. The monoisotopic (exact) mass is 373 g/mol. The fourth-order valence-electron chi connectivity index (χ4n) is 5.01. The van der Waals surface area contributed by atoms with Gasteiger partial charge in [-0.25, -0.2) is 0 Å². The number of rotatable bonds is 1. The number of hydrogen-bond acceptors (Lipinski definition) is 2. The van der Waals surface area contributed by atoms with Crippen LogP contribution >= 0.6 is 0 Å². The molecule has 0 atom stereocenters. The minimum Gasteiger partial charge on any atom is -0.453 e. The summed E-state index contributed by atoms with van der Waals surface area (Å²) in [5.41, 5.74) is 10.2. The van der Waals surface area contributed by atoms with Gasteiger partial charge in [0.25, 0.3) is 0 Å². The number of fused-ring (bicyclic) bond motifs is 4. The second-order valence-corrected chi connectivity index (χ2v) is 7.90. The summed E-state index contributed by atoms with van der Waals surface area (Å²) in [6.07, 6.45) is 0. The molecule has 0 spiro atoms. The van der Waals surface area contributed by atoms with Crippen molar-refractivity contribution >= 4 is 40.2 Å². The first-order chi connectivity index (χ1) is 14.2. The molecule has 29 heavy (non-hydrogen) atoms. The molecule has 138 valence electrons. The summed E-state index contributed by atoms with van der Waals surface area (Å²) in [5, 5.41) is 0. The van der Waals surface area contributed by atoms with E-state index < -0.39 is 0 Å². The van der Waals surface area contributed by atoms with Crippen molar-refractivity contribution in [3.63, 3.8) is 0 Å². The van der Waals surface area contributed by atoms with Crippen molar-refractivity contribution in [3.8, 4) is 11.5 Å². The number of benzene rings is 4. The molecule has 0 radical (unpaired) electrons. The molecule has 0 saturated carbocycles. The molecule has 2 heterocycles. The zero-order valence-corrected chi connectivity index (χ0v) is 16.5. The number of nitrogens with zero attached hydrogens (tertiary/aromatic N) is 1. The quantitative estimate of drug-likeness (QED) is 0.387. The first kappa shape index (κ1) is 16.5. The zero-order valence-electron chi connectivity index (χ0n) is 16.5. The van der Waals surface area contributed by atoms with Gasteiger partial charge in [0.2, 0.25) is 6.71 Å². The molecule has 2 nitrogen and oxygen atoms in total. The highest BCUT2D eigenvalue weighted by Crippen LogP contribution is 2.50. The predicted octanol–water partition coefficient (Wildman–Crippen LogP) is 4.71. The molecule has 3 heteroatoms. The normalized spacial score (nSPS) is 13.3. The minimum atomic E-state index is 0.187. The lowest BCUT2D eigenvalue weighted by Gasteiger charge is -2.41. The van der Waals surface area contributed by atoms with E-state index in [4.69, 9.17) is 4.74 Å². The van der Waals surface area contributed by atoms with Gasteiger partial charge in [-0.05, 0) is 49.0 Å². The van der Waals surface area contributed by atoms with E-state index in [0.717, 1.165) is 22.9 Å². The Bertz CT molecular complexity index is 1260. The van der Waals surface area contributed by atoms with E-state index in [9.17, 15) is 0 Å². The highest BCUT2D eigenvalue weighted by atomic mass is 16.5. The standard InChI is InChI=1S/C26H20BNO/c1-17-9-7-10-18(2)25(17)27-19-11-3-4-13-21(19)28-22-14-5-6-15-23(22)29-24-16-8-12-20(27)26(24)28/h3-16H,1-2H3. The fraction of sp³-hybridized carbons (Fsp3) is 0.0769. The van der Waals surface area contributed by atoms with E-state index in [0.29, 0.717) is 0 Å². The smallest absolute Gasteiger partial charge is 0.247 e. The summed E-state index contributed by atoms with van der Waals surface area (Å²) in [4.78, 5) is 2.38. The number of anilines is 3. The van der Waals surface area contributed by atoms with Crippen molar-refractivity contribution in [1.82, 2.24) is 0 Å². The third-order valence-electron chi connectivity index (χ3n) is 6.21. The van der Waals surface area contributed by atoms with Gasteiger partial charge in [0, 0.05) is 5.69 Å². The molecule has 0 saturated heterocycles. The predicted molar refractivity (Wildman–Crippen MR) is 122 cm³/mol. The molecular formula is C26H20BNO. The summed E-state index contributed by atoms with van der Waals surface area (Å²) < 4.78 is 6.34. The third kappa shape index (κ3) is 2.25. The average Bonchev–Trinajstić information content (AvgIpc) is 2.75. The first-order valence-electron chi connectivity index (χ1n) is 10.1. The Morgan fingerprint density at radius 2 is 1.24 bits per heavy atom. The molecule has 0 N–H and O–H groups in total. The largest absolute Gasteiger partial charge is 0.453 e. The highest BCUT2D eigenvalue weighted by molar-refractivity contribution is 6.98. The van der Waals surface area contributed by atoms with Crippen molar-refractivity contribution in [1.29, 1.82) is 0 Å². The maximum absolute atomic E-state index is 6.34. The Morgan fingerprint density at radius 1 is 0.621 bits per heavy atom. The van der Waals surface area contributed by atoms with Crippen LogP contribution in [0.5, 0.6) is 11.5 Å². The van der Waals surface area contributed by atoms with Crippen LogP contribution in [0.25, 0.3) is 0 Å². The molecule has 0 amide bonds. The molecule has 0 aromatic heterocycles. The molecular weight excluding hydrogens is 353 g/mol. The van der Waals surface area contributed by atoms with Gasteiger partial charge in [0.1, 0.15) is 0 Å². The van der Waals surface area contributed by atoms with Crippen molar-refractivity contribution < 1.29 is 4.74 Å². The Morgan fingerprint density at radius 3 is 2.07 bits per heavy atom. The lowest BCUT2D eigenvalue weighted by Crippen LogP contribution is -2.59. The van der Waals surface area contributed by atoms with Crippen molar-refractivity contribution in [3.05, 3.63) is 96.1 Å². The van der Waals surface area contributed by atoms with Crippen LogP contribution in [-0.2, 0) is 0 Å². The van der Waals surface area contributed by atoms with Crippen LogP contribution in [0, 0.1) is 13.8 Å². The van der Waals surface area contributed by atoms with Crippen LogP contribution in [0.3, 0.4) is 0 Å². The topological polar surface area (TPSA) is 12.5 Å². The van der Waals surface area contributed by atoms with Crippen LogP contribution in [0.4, 0.5) is 17.1 Å². The molecule has 4 aromatic carbocycles. The number of para-hydroxylation sites is 4. The lowest BCUT2D eigenvalue weighted by molar-refractivity contribution is 0.477. The van der Waals surface area contributed by atoms with E-state index >= 15 is 0 Å². The van der Waals surface area contributed by atoms with Crippen LogP contribution in [0.2, 0.25) is 0 Å². The number of aryl methyl sites for hydroxylation is 2. The van der Waals surface area contributed by atoms with Crippen LogP contribution < -0.4 is 26.0 Å². The number of hydrogen-bond donors (Lipinski definition) is 0. The van der Waals surface area contributed by atoms with Gasteiger partial charge >= 0.3 is 0 Å². The molecule has 6 rings (SSSR count). The van der Waals surface area contributed by atoms with E-state index in [1.165, 1.54) is 33.2 Å². The summed E-state index contributed by atoms with van der Waals surface area (Å²) in [6.45, 7) is 4.63. The van der Waals surface area contributed by atoms with Crippen molar-refractivity contribution in [2.45, 2.75) is 13.8 Å². The van der Waals surface area contributed by atoms with Crippen LogP contribution in [0.15, 0.2) is 84.9 Å². The minimum absolute atomic E-state index is 0.187. The van der Waals surface area contributed by atoms with Crippen LogP contribution in [-0.4, -0.2) is 6.71 Å². The van der Waals surface area contributed by atoms with E-state index in [2.05, 4.69) is 91.5 Å². The SMILES string of the molecule is Cc1cccc(C)c1B1c2ccccc2N2c3ccccc3Oc3cccc1c32. The fourth-order valence-corrected chi connectivity index (χ4v) is 5.01. The summed E-state index contributed by atoms with van der Waals surface area (Å²) >= 11 is 0. The Hall–Kier alpha value is -3.46. The molecule has 0 fully saturated rings. The second kappa shape index (κ2) is 6.02. The van der Waals surface area contributed by atoms with E-state index in [1.807, 2.05) is 12.1 Å². The summed E-state index contributed by atoms with van der Waals surface area (Å²) in [7, 11) is 0. The van der Waals surface area contributed by atoms with Gasteiger partial charge < -0.3 is 9.64 Å². The molecule has 0 aliphatic carbocycles. The highest BCUT2D eigenvalue weighted by Gasteiger charge is 2.40. The first-order valence-corrected chi connectivity index (χ1v) is 10.1. The Labute approximate surface area is 171 Å². The average molecular weight is 373 g/mol. The van der Waals surface area contributed by atoms with Gasteiger partial charge in [-0.2, -0.15) is 0 Å². The van der Waals surface area contributed by atoms with Gasteiger partial charge in [0.15, 0.2) is 11.5 Å². The molecule has 2 aliphatic heterocycles. The van der Waals surface area contributed by atoms with Crippen molar-refractivity contribution in [2.24, 2.45) is 0 Å². The Kier molecular flexibility index (Phi) is 3.42. The molecule has 2 aliphatic rings. The third-order valence-corrected chi connectivity index (χ3v) is 6.21. The van der Waals surface area contributed by atoms with Gasteiger partial charge in [0.05, 0.1) is 11.4 Å². The molecule has 0 unspecified atom stereocenters. The maximum Gasteiger partial charge on any atom is 0.247 e. The summed E-state index contributed by atoms with van der Waals surface area (Å²) in [5.74, 6) is 1.82. The van der Waals surface area contributed by atoms with E-state index in [1.54, 1.807) is 0 Å². The summed E-state index contributed by atoms with van der Waals surface area (Å²) in [6, 6.07) is 30.1. The maximum atomic E-state index is 6.34. The lowest BCUT2D eigenvalue weighted by atomic mass is 9.34. The van der Waals surface area contributed by atoms with E-state index in [-0.39, 0.29) is 6.71 Å². The Balaban J connectivity index is 1.72. The number of ether oxygens (including phenoxy) is 1. The molecule has 4 aromatic rings.